The van der Waals surface area contributed by atoms with Crippen molar-refractivity contribution in [3.8, 4) is 0 Å². The molecule has 0 aliphatic carbocycles. The number of amides is 2. The van der Waals surface area contributed by atoms with Crippen LogP contribution in [0.25, 0.3) is 0 Å². The minimum atomic E-state index is -0.0954. The van der Waals surface area contributed by atoms with Crippen molar-refractivity contribution in [2.75, 3.05) is 5.32 Å². The molecular formula is C15H16N2O2S. The smallest absolute Gasteiger partial charge is 0.225 e. The molecule has 0 bridgehead atoms. The highest BCUT2D eigenvalue weighted by Crippen LogP contribution is 2.10. The standard InChI is InChI=1S/C15H16N2O2S/c1-11(18)17-13-6-4-12(5-7-13)10-16-15(19)9-14-3-2-8-20-14/h2-8H,9-10H2,1H3,(H,16,19)(H,17,18). The van der Waals surface area contributed by atoms with Crippen molar-refractivity contribution in [3.05, 3.63) is 52.2 Å². The van der Waals surface area contributed by atoms with Crippen LogP contribution in [0, 0.1) is 0 Å². The monoisotopic (exact) mass is 288 g/mol. The summed E-state index contributed by atoms with van der Waals surface area (Å²) in [6.07, 6.45) is 0.418. The molecule has 2 amide bonds. The van der Waals surface area contributed by atoms with Crippen LogP contribution in [0.2, 0.25) is 0 Å². The molecule has 0 aliphatic heterocycles. The Labute approximate surface area is 121 Å². The molecule has 2 N–H and O–H groups in total. The van der Waals surface area contributed by atoms with Gasteiger partial charge < -0.3 is 10.6 Å². The number of thiophene rings is 1. The summed E-state index contributed by atoms with van der Waals surface area (Å²) < 4.78 is 0. The second-order valence-electron chi connectivity index (χ2n) is 4.41. The third-order valence-corrected chi connectivity index (χ3v) is 3.56. The SMILES string of the molecule is CC(=O)Nc1ccc(CNC(=O)Cc2cccs2)cc1. The van der Waals surface area contributed by atoms with E-state index < -0.39 is 0 Å². The molecule has 5 heteroatoms. The number of carbonyl (C=O) groups excluding carboxylic acids is 2. The third-order valence-electron chi connectivity index (χ3n) is 2.68. The number of nitrogens with one attached hydrogen (secondary N) is 2. The van der Waals surface area contributed by atoms with E-state index in [1.807, 2.05) is 41.8 Å². The zero-order valence-electron chi connectivity index (χ0n) is 11.2. The largest absolute Gasteiger partial charge is 0.352 e. The van der Waals surface area contributed by atoms with Gasteiger partial charge in [0.25, 0.3) is 0 Å². The maximum Gasteiger partial charge on any atom is 0.225 e. The lowest BCUT2D eigenvalue weighted by atomic mass is 10.2. The van der Waals surface area contributed by atoms with E-state index in [0.29, 0.717) is 13.0 Å². The van der Waals surface area contributed by atoms with Crippen LogP contribution in [-0.4, -0.2) is 11.8 Å². The van der Waals surface area contributed by atoms with Gasteiger partial charge in [0.2, 0.25) is 11.8 Å². The maximum absolute atomic E-state index is 11.7. The predicted molar refractivity (Wildman–Crippen MR) is 80.6 cm³/mol. The van der Waals surface area contributed by atoms with Crippen molar-refractivity contribution < 1.29 is 9.59 Å². The highest BCUT2D eigenvalue weighted by Gasteiger charge is 2.04. The van der Waals surface area contributed by atoms with Gasteiger partial charge in [-0.3, -0.25) is 9.59 Å². The Morgan fingerprint density at radius 3 is 2.50 bits per heavy atom. The quantitative estimate of drug-likeness (QED) is 0.888. The van der Waals surface area contributed by atoms with Gasteiger partial charge in [-0.15, -0.1) is 11.3 Å². The summed E-state index contributed by atoms with van der Waals surface area (Å²) in [6, 6.07) is 11.3. The number of rotatable bonds is 5. The van der Waals surface area contributed by atoms with Gasteiger partial charge in [-0.05, 0) is 29.1 Å². The van der Waals surface area contributed by atoms with Crippen molar-refractivity contribution in [2.45, 2.75) is 19.9 Å². The van der Waals surface area contributed by atoms with Crippen molar-refractivity contribution in [1.29, 1.82) is 0 Å². The molecule has 0 spiro atoms. The fourth-order valence-corrected chi connectivity index (χ4v) is 2.45. The zero-order valence-corrected chi connectivity index (χ0v) is 12.0. The number of anilines is 1. The minimum Gasteiger partial charge on any atom is -0.352 e. The van der Waals surface area contributed by atoms with E-state index in [2.05, 4.69) is 10.6 Å². The summed E-state index contributed by atoms with van der Waals surface area (Å²) >= 11 is 1.58. The Kier molecular flexibility index (Phi) is 4.90. The highest BCUT2D eigenvalue weighted by atomic mass is 32.1. The molecule has 1 aromatic heterocycles. The number of hydrogen-bond donors (Lipinski definition) is 2. The van der Waals surface area contributed by atoms with E-state index >= 15 is 0 Å². The predicted octanol–water partition coefficient (Wildman–Crippen LogP) is 2.57. The van der Waals surface area contributed by atoms with Crippen LogP contribution in [0.5, 0.6) is 0 Å². The Balaban J connectivity index is 1.81. The van der Waals surface area contributed by atoms with Crippen LogP contribution in [-0.2, 0) is 22.6 Å². The Hall–Kier alpha value is -2.14. The second kappa shape index (κ2) is 6.86. The molecular weight excluding hydrogens is 272 g/mol. The van der Waals surface area contributed by atoms with Crippen molar-refractivity contribution >= 4 is 28.8 Å². The minimum absolute atomic E-state index is 0.0124. The lowest BCUT2D eigenvalue weighted by Gasteiger charge is -2.06. The van der Waals surface area contributed by atoms with E-state index in [1.54, 1.807) is 11.3 Å². The molecule has 0 saturated carbocycles. The normalized spacial score (nSPS) is 10.1. The first-order valence-electron chi connectivity index (χ1n) is 6.29. The molecule has 1 heterocycles. The van der Waals surface area contributed by atoms with Crippen LogP contribution in [0.3, 0.4) is 0 Å². The molecule has 20 heavy (non-hydrogen) atoms. The van der Waals surface area contributed by atoms with Gasteiger partial charge >= 0.3 is 0 Å². The summed E-state index contributed by atoms with van der Waals surface area (Å²) in [4.78, 5) is 23.7. The van der Waals surface area contributed by atoms with Gasteiger partial charge in [0, 0.05) is 24.0 Å². The average molecular weight is 288 g/mol. The number of benzene rings is 1. The molecule has 4 nitrogen and oxygen atoms in total. The molecule has 1 aromatic carbocycles. The van der Waals surface area contributed by atoms with Crippen LogP contribution < -0.4 is 10.6 Å². The summed E-state index contributed by atoms with van der Waals surface area (Å²) in [5.74, 6) is -0.0830. The molecule has 0 atom stereocenters. The van der Waals surface area contributed by atoms with E-state index in [-0.39, 0.29) is 11.8 Å². The topological polar surface area (TPSA) is 58.2 Å². The first-order valence-corrected chi connectivity index (χ1v) is 7.17. The van der Waals surface area contributed by atoms with Gasteiger partial charge in [0.15, 0.2) is 0 Å². The molecule has 0 radical (unpaired) electrons. The molecule has 2 rings (SSSR count). The van der Waals surface area contributed by atoms with Crippen molar-refractivity contribution in [1.82, 2.24) is 5.32 Å². The summed E-state index contributed by atoms with van der Waals surface area (Å²) in [5.41, 5.74) is 1.75. The molecule has 0 aliphatic rings. The Morgan fingerprint density at radius 1 is 1.15 bits per heavy atom. The number of carbonyl (C=O) groups is 2. The summed E-state index contributed by atoms with van der Waals surface area (Å²) in [7, 11) is 0. The average Bonchev–Trinajstić information content (AvgIpc) is 2.90. The second-order valence-corrected chi connectivity index (χ2v) is 5.44. The van der Waals surface area contributed by atoms with Gasteiger partial charge in [0.05, 0.1) is 6.42 Å². The Morgan fingerprint density at radius 2 is 1.90 bits per heavy atom. The van der Waals surface area contributed by atoms with Crippen LogP contribution >= 0.6 is 11.3 Å². The van der Waals surface area contributed by atoms with E-state index in [0.717, 1.165) is 16.1 Å². The molecule has 0 unspecified atom stereocenters. The maximum atomic E-state index is 11.7. The van der Waals surface area contributed by atoms with Crippen LogP contribution in [0.15, 0.2) is 41.8 Å². The molecule has 2 aromatic rings. The van der Waals surface area contributed by atoms with E-state index in [1.165, 1.54) is 6.92 Å². The molecule has 0 fully saturated rings. The van der Waals surface area contributed by atoms with Crippen molar-refractivity contribution in [3.63, 3.8) is 0 Å². The molecule has 104 valence electrons. The molecule has 0 saturated heterocycles. The fourth-order valence-electron chi connectivity index (χ4n) is 1.74. The van der Waals surface area contributed by atoms with E-state index in [4.69, 9.17) is 0 Å². The van der Waals surface area contributed by atoms with Gasteiger partial charge in [-0.1, -0.05) is 18.2 Å². The summed E-state index contributed by atoms with van der Waals surface area (Å²) in [6.45, 7) is 1.96. The van der Waals surface area contributed by atoms with Crippen molar-refractivity contribution in [2.24, 2.45) is 0 Å². The first-order chi connectivity index (χ1) is 9.63. The first kappa shape index (κ1) is 14.3. The van der Waals surface area contributed by atoms with Gasteiger partial charge in [-0.2, -0.15) is 0 Å². The van der Waals surface area contributed by atoms with Crippen LogP contribution in [0.1, 0.15) is 17.4 Å². The van der Waals surface area contributed by atoms with Crippen LogP contribution in [0.4, 0.5) is 5.69 Å². The third kappa shape index (κ3) is 4.51. The zero-order chi connectivity index (χ0) is 14.4. The van der Waals surface area contributed by atoms with E-state index in [9.17, 15) is 9.59 Å². The highest BCUT2D eigenvalue weighted by molar-refractivity contribution is 7.10. The fraction of sp³-hybridized carbons (Fsp3) is 0.200. The van der Waals surface area contributed by atoms with Gasteiger partial charge in [-0.25, -0.2) is 0 Å². The van der Waals surface area contributed by atoms with Gasteiger partial charge in [0.1, 0.15) is 0 Å². The lowest BCUT2D eigenvalue weighted by molar-refractivity contribution is -0.120. The number of hydrogen-bond acceptors (Lipinski definition) is 3. The Bertz CT molecular complexity index is 576. The lowest BCUT2D eigenvalue weighted by Crippen LogP contribution is -2.24. The summed E-state index contributed by atoms with van der Waals surface area (Å²) in [5, 5.41) is 7.54.